The first kappa shape index (κ1) is 18.7. The van der Waals surface area contributed by atoms with E-state index in [1.165, 1.54) is 13.8 Å². The van der Waals surface area contributed by atoms with Gasteiger partial charge in [0.15, 0.2) is 6.10 Å². The van der Waals surface area contributed by atoms with Crippen molar-refractivity contribution in [2.24, 2.45) is 0 Å². The second-order valence-electron chi connectivity index (χ2n) is 6.88. The monoisotopic (exact) mass is 384 g/mol. The number of rotatable bonds is 4. The van der Waals surface area contributed by atoms with Crippen molar-refractivity contribution in [3.63, 3.8) is 0 Å². The van der Waals surface area contributed by atoms with Crippen molar-refractivity contribution in [2.75, 3.05) is 0 Å². The molecule has 144 valence electrons. The van der Waals surface area contributed by atoms with Crippen LogP contribution in [0.15, 0.2) is 78.9 Å². The van der Waals surface area contributed by atoms with E-state index in [2.05, 4.69) is 18.2 Å². The summed E-state index contributed by atoms with van der Waals surface area (Å²) in [5.74, 6) is -0.295. The molecule has 0 saturated heterocycles. The van der Waals surface area contributed by atoms with Crippen molar-refractivity contribution in [3.05, 3.63) is 90.0 Å². The second kappa shape index (κ2) is 7.76. The van der Waals surface area contributed by atoms with Gasteiger partial charge in [0.2, 0.25) is 0 Å². The molecule has 4 rings (SSSR count). The molecule has 29 heavy (non-hydrogen) atoms. The summed E-state index contributed by atoms with van der Waals surface area (Å²) in [7, 11) is 0. The third kappa shape index (κ3) is 3.83. The fraction of sp³-hybridized carbons (Fsp3) is 0.120. The summed E-state index contributed by atoms with van der Waals surface area (Å²) in [5.41, 5.74) is 1.74. The van der Waals surface area contributed by atoms with Crippen LogP contribution < -0.4 is 4.74 Å². The Bertz CT molecular complexity index is 1150. The molecule has 0 spiro atoms. The van der Waals surface area contributed by atoms with E-state index < -0.39 is 6.10 Å². The van der Waals surface area contributed by atoms with Crippen LogP contribution in [0.3, 0.4) is 0 Å². The Labute approximate surface area is 168 Å². The average molecular weight is 384 g/mol. The largest absolute Gasteiger partial charge is 0.453 e. The molecular weight excluding hydrogens is 364 g/mol. The van der Waals surface area contributed by atoms with Crippen molar-refractivity contribution in [1.82, 2.24) is 0 Å². The Morgan fingerprint density at radius 2 is 1.28 bits per heavy atom. The molecule has 1 atom stereocenters. The minimum absolute atomic E-state index is 0.365. The van der Waals surface area contributed by atoms with Crippen molar-refractivity contribution < 1.29 is 19.1 Å². The van der Waals surface area contributed by atoms with E-state index in [9.17, 15) is 9.59 Å². The highest BCUT2D eigenvalue weighted by atomic mass is 16.5. The molecule has 0 amide bonds. The summed E-state index contributed by atoms with van der Waals surface area (Å²) in [6.07, 6.45) is -0.588. The predicted molar refractivity (Wildman–Crippen MR) is 113 cm³/mol. The maximum absolute atomic E-state index is 12.0. The van der Waals surface area contributed by atoms with Gasteiger partial charge in [-0.25, -0.2) is 0 Å². The van der Waals surface area contributed by atoms with E-state index in [1.54, 1.807) is 12.1 Å². The van der Waals surface area contributed by atoms with Gasteiger partial charge in [0.05, 0.1) is 0 Å². The van der Waals surface area contributed by atoms with Crippen molar-refractivity contribution in [3.8, 4) is 5.75 Å². The summed E-state index contributed by atoms with van der Waals surface area (Å²) in [5, 5.41) is 4.22. The molecule has 4 aromatic carbocycles. The van der Waals surface area contributed by atoms with Crippen LogP contribution in [0.4, 0.5) is 0 Å². The Balaban J connectivity index is 1.94. The molecule has 0 aliphatic heterocycles. The smallest absolute Gasteiger partial charge is 0.308 e. The lowest BCUT2D eigenvalue weighted by molar-refractivity contribution is -0.144. The van der Waals surface area contributed by atoms with Gasteiger partial charge >= 0.3 is 11.9 Å². The van der Waals surface area contributed by atoms with Crippen molar-refractivity contribution in [1.29, 1.82) is 0 Å². The van der Waals surface area contributed by atoms with Crippen LogP contribution in [-0.2, 0) is 14.3 Å². The maximum Gasteiger partial charge on any atom is 0.308 e. The molecule has 1 unspecified atom stereocenters. The minimum atomic E-state index is -0.588. The fourth-order valence-electron chi connectivity index (χ4n) is 3.67. The SMILES string of the molecule is CC(=O)Oc1ccc(C(OC(C)=O)c2c3ccccc3cc3ccccc23)cc1. The molecular formula is C25H20O4. The zero-order chi connectivity index (χ0) is 20.4. The number of hydrogen-bond acceptors (Lipinski definition) is 4. The number of carbonyl (C=O) groups is 2. The molecule has 4 aromatic rings. The zero-order valence-electron chi connectivity index (χ0n) is 16.2. The van der Waals surface area contributed by atoms with Crippen molar-refractivity contribution >= 4 is 33.5 Å². The second-order valence-corrected chi connectivity index (χ2v) is 6.88. The predicted octanol–water partition coefficient (Wildman–Crippen LogP) is 5.57. The average Bonchev–Trinajstić information content (AvgIpc) is 2.70. The summed E-state index contributed by atoms with van der Waals surface area (Å²) < 4.78 is 10.9. The van der Waals surface area contributed by atoms with Gasteiger partial charge in [-0.05, 0) is 45.3 Å². The van der Waals surface area contributed by atoms with Crippen LogP contribution in [0.2, 0.25) is 0 Å². The third-order valence-electron chi connectivity index (χ3n) is 4.80. The number of hydrogen-bond donors (Lipinski definition) is 0. The van der Waals surface area contributed by atoms with Gasteiger partial charge < -0.3 is 9.47 Å². The molecule has 0 radical (unpaired) electrons. The fourth-order valence-corrected chi connectivity index (χ4v) is 3.67. The quantitative estimate of drug-likeness (QED) is 0.262. The highest BCUT2D eigenvalue weighted by Crippen LogP contribution is 2.38. The van der Waals surface area contributed by atoms with E-state index in [1.807, 2.05) is 48.5 Å². The molecule has 4 nitrogen and oxygen atoms in total. The van der Waals surface area contributed by atoms with Crippen LogP contribution in [0.1, 0.15) is 31.1 Å². The molecule has 0 fully saturated rings. The number of benzene rings is 4. The van der Waals surface area contributed by atoms with Gasteiger partial charge in [-0.15, -0.1) is 0 Å². The molecule has 0 aromatic heterocycles. The summed E-state index contributed by atoms with van der Waals surface area (Å²) >= 11 is 0. The Kier molecular flexibility index (Phi) is 5.00. The molecule has 0 N–H and O–H groups in total. The number of fused-ring (bicyclic) bond motifs is 2. The van der Waals surface area contributed by atoms with E-state index in [0.29, 0.717) is 5.75 Å². The van der Waals surface area contributed by atoms with Crippen LogP contribution in [0.5, 0.6) is 5.75 Å². The first-order valence-electron chi connectivity index (χ1n) is 9.39. The van der Waals surface area contributed by atoms with Gasteiger partial charge in [-0.3, -0.25) is 9.59 Å². The van der Waals surface area contributed by atoms with E-state index in [-0.39, 0.29) is 11.9 Å². The summed E-state index contributed by atoms with van der Waals surface area (Å²) in [6.45, 7) is 2.77. The van der Waals surface area contributed by atoms with E-state index in [4.69, 9.17) is 9.47 Å². The van der Waals surface area contributed by atoms with Crippen LogP contribution in [0.25, 0.3) is 21.5 Å². The van der Waals surface area contributed by atoms with E-state index in [0.717, 1.165) is 32.7 Å². The number of esters is 2. The van der Waals surface area contributed by atoms with Gasteiger partial charge in [0.25, 0.3) is 0 Å². The molecule has 0 bridgehead atoms. The van der Waals surface area contributed by atoms with Crippen molar-refractivity contribution in [2.45, 2.75) is 20.0 Å². The normalized spacial score (nSPS) is 11.9. The first-order chi connectivity index (χ1) is 14.0. The minimum Gasteiger partial charge on any atom is -0.453 e. The van der Waals surface area contributed by atoms with Crippen LogP contribution in [-0.4, -0.2) is 11.9 Å². The highest BCUT2D eigenvalue weighted by molar-refractivity contribution is 6.03. The van der Waals surface area contributed by atoms with Gasteiger partial charge in [0.1, 0.15) is 5.75 Å². The molecule has 0 saturated carbocycles. The highest BCUT2D eigenvalue weighted by Gasteiger charge is 2.23. The Morgan fingerprint density at radius 3 is 1.79 bits per heavy atom. The Morgan fingerprint density at radius 1 is 0.724 bits per heavy atom. The van der Waals surface area contributed by atoms with Gasteiger partial charge in [-0.2, -0.15) is 0 Å². The molecule has 0 aliphatic rings. The standard InChI is InChI=1S/C25H20O4/c1-16(26)28-21-13-11-18(12-14-21)25(29-17(2)27)24-22-9-5-3-7-19(22)15-20-8-4-6-10-23(20)24/h3-15,25H,1-2H3. The van der Waals surface area contributed by atoms with Crippen LogP contribution >= 0.6 is 0 Å². The summed E-state index contributed by atoms with van der Waals surface area (Å²) in [4.78, 5) is 23.2. The molecule has 0 heterocycles. The van der Waals surface area contributed by atoms with Gasteiger partial charge in [-0.1, -0.05) is 60.7 Å². The number of ether oxygens (including phenoxy) is 2. The first-order valence-corrected chi connectivity index (χ1v) is 9.39. The van der Waals surface area contributed by atoms with Gasteiger partial charge in [0, 0.05) is 19.4 Å². The summed E-state index contributed by atoms with van der Waals surface area (Å²) in [6, 6.07) is 25.4. The Hall–Kier alpha value is -3.66. The van der Waals surface area contributed by atoms with Crippen LogP contribution in [0, 0.1) is 0 Å². The lowest BCUT2D eigenvalue weighted by atomic mass is 9.90. The lowest BCUT2D eigenvalue weighted by Crippen LogP contribution is -2.11. The topological polar surface area (TPSA) is 52.6 Å². The zero-order valence-corrected chi connectivity index (χ0v) is 16.2. The van der Waals surface area contributed by atoms with E-state index >= 15 is 0 Å². The number of carbonyl (C=O) groups excluding carboxylic acids is 2. The molecule has 4 heteroatoms. The third-order valence-corrected chi connectivity index (χ3v) is 4.80. The maximum atomic E-state index is 12.0. The lowest BCUT2D eigenvalue weighted by Gasteiger charge is -2.22. The molecule has 0 aliphatic carbocycles.